The van der Waals surface area contributed by atoms with E-state index < -0.39 is 45.7 Å². The summed E-state index contributed by atoms with van der Waals surface area (Å²) in [7, 11) is 2.77. The molecule has 2 aliphatic heterocycles. The molecule has 54 heavy (non-hydrogen) atoms. The summed E-state index contributed by atoms with van der Waals surface area (Å²) in [6.07, 6.45) is 1.34. The van der Waals surface area contributed by atoms with Crippen LogP contribution in [0.3, 0.4) is 0 Å². The minimum absolute atomic E-state index is 0.0919. The first-order valence-corrected chi connectivity index (χ1v) is 18.2. The zero-order chi connectivity index (χ0) is 40.5. The SMILES string of the molecule is CCOC(=O)C1(Cc2ccc(F)c(OC)c2)CCN(C(=O)OC(C)(C)C)CC1.COc1cc(CC2(C(=O)O)CCN(C(=O)OC(C)(C)C)CC2)ccc1F. The van der Waals surface area contributed by atoms with E-state index in [9.17, 15) is 33.1 Å². The molecule has 4 rings (SSSR count). The van der Waals surface area contributed by atoms with Crippen LogP contribution in [0.2, 0.25) is 0 Å². The molecular formula is C40H56F2N2O10. The monoisotopic (exact) mass is 762 g/mol. The third kappa shape index (κ3) is 11.9. The van der Waals surface area contributed by atoms with Crippen LogP contribution in [0.25, 0.3) is 0 Å². The summed E-state index contributed by atoms with van der Waals surface area (Å²) in [6, 6.07) is 8.97. The summed E-state index contributed by atoms with van der Waals surface area (Å²) < 4.78 is 53.4. The zero-order valence-corrected chi connectivity index (χ0v) is 33.0. The number of benzene rings is 2. The Morgan fingerprint density at radius 1 is 0.685 bits per heavy atom. The molecule has 0 atom stereocenters. The van der Waals surface area contributed by atoms with Gasteiger partial charge in [0.1, 0.15) is 11.2 Å². The maximum Gasteiger partial charge on any atom is 0.410 e. The summed E-state index contributed by atoms with van der Waals surface area (Å²) in [5.41, 5.74) is -1.45. The molecule has 1 N–H and O–H groups in total. The van der Waals surface area contributed by atoms with Gasteiger partial charge in [-0.25, -0.2) is 18.4 Å². The van der Waals surface area contributed by atoms with Crippen molar-refractivity contribution in [2.24, 2.45) is 10.8 Å². The van der Waals surface area contributed by atoms with Gasteiger partial charge in [0.25, 0.3) is 0 Å². The van der Waals surface area contributed by atoms with Gasteiger partial charge < -0.3 is 38.6 Å². The Labute approximate surface area is 317 Å². The lowest BCUT2D eigenvalue weighted by Crippen LogP contribution is -2.49. The molecule has 2 heterocycles. The van der Waals surface area contributed by atoms with Crippen molar-refractivity contribution in [3.63, 3.8) is 0 Å². The van der Waals surface area contributed by atoms with Gasteiger partial charge in [-0.1, -0.05) is 12.1 Å². The maximum absolute atomic E-state index is 13.7. The predicted molar refractivity (Wildman–Crippen MR) is 197 cm³/mol. The Bertz CT molecular complexity index is 1620. The van der Waals surface area contributed by atoms with Gasteiger partial charge in [0.15, 0.2) is 23.1 Å². The van der Waals surface area contributed by atoms with Crippen molar-refractivity contribution in [2.45, 2.75) is 98.2 Å². The van der Waals surface area contributed by atoms with E-state index in [-0.39, 0.29) is 36.6 Å². The Balaban J connectivity index is 0.000000291. The number of hydrogen-bond acceptors (Lipinski definition) is 9. The van der Waals surface area contributed by atoms with E-state index in [0.29, 0.717) is 63.8 Å². The fourth-order valence-corrected chi connectivity index (χ4v) is 6.50. The molecule has 2 aromatic rings. The number of hydrogen-bond donors (Lipinski definition) is 1. The number of ether oxygens (including phenoxy) is 5. The minimum Gasteiger partial charge on any atom is -0.494 e. The van der Waals surface area contributed by atoms with Crippen molar-refractivity contribution in [2.75, 3.05) is 47.0 Å². The minimum atomic E-state index is -0.999. The number of carboxylic acid groups (broad SMARTS) is 1. The van der Waals surface area contributed by atoms with Crippen molar-refractivity contribution < 1.29 is 56.7 Å². The smallest absolute Gasteiger partial charge is 0.410 e. The van der Waals surface area contributed by atoms with Crippen LogP contribution < -0.4 is 9.47 Å². The molecule has 300 valence electrons. The Kier molecular flexibility index (Phi) is 14.7. The van der Waals surface area contributed by atoms with E-state index in [4.69, 9.17) is 23.7 Å². The number of esters is 1. The number of carbonyl (C=O) groups is 4. The molecular weight excluding hydrogens is 706 g/mol. The summed E-state index contributed by atoms with van der Waals surface area (Å²) >= 11 is 0. The molecule has 2 amide bonds. The van der Waals surface area contributed by atoms with Crippen molar-refractivity contribution >= 4 is 24.1 Å². The Morgan fingerprint density at radius 2 is 1.06 bits per heavy atom. The first-order valence-electron chi connectivity index (χ1n) is 18.2. The third-order valence-corrected chi connectivity index (χ3v) is 9.42. The molecule has 0 radical (unpaired) electrons. The second kappa shape index (κ2) is 18.1. The molecule has 0 aromatic heterocycles. The molecule has 0 saturated carbocycles. The molecule has 2 saturated heterocycles. The molecule has 0 aliphatic carbocycles. The van der Waals surface area contributed by atoms with E-state index in [1.54, 1.807) is 50.8 Å². The predicted octanol–water partition coefficient (Wildman–Crippen LogP) is 7.44. The highest BCUT2D eigenvalue weighted by Gasteiger charge is 2.45. The van der Waals surface area contributed by atoms with Crippen molar-refractivity contribution in [3.8, 4) is 11.5 Å². The van der Waals surface area contributed by atoms with E-state index in [1.165, 1.54) is 37.3 Å². The van der Waals surface area contributed by atoms with Gasteiger partial charge in [-0.05, 0) is 122 Å². The van der Waals surface area contributed by atoms with Gasteiger partial charge in [-0.3, -0.25) is 9.59 Å². The van der Waals surface area contributed by atoms with Gasteiger partial charge in [0.05, 0.1) is 31.7 Å². The van der Waals surface area contributed by atoms with E-state index in [1.807, 2.05) is 20.8 Å². The van der Waals surface area contributed by atoms with Crippen LogP contribution in [0, 0.1) is 22.5 Å². The second-order valence-electron chi connectivity index (χ2n) is 15.8. The number of nitrogens with zero attached hydrogens (tertiary/aromatic N) is 2. The molecule has 2 aromatic carbocycles. The number of methoxy groups -OCH3 is 2. The average molecular weight is 763 g/mol. The van der Waals surface area contributed by atoms with Crippen LogP contribution in [0.5, 0.6) is 11.5 Å². The Morgan fingerprint density at radius 3 is 1.39 bits per heavy atom. The van der Waals surface area contributed by atoms with Crippen LogP contribution in [0.1, 0.15) is 85.3 Å². The molecule has 0 spiro atoms. The lowest BCUT2D eigenvalue weighted by Gasteiger charge is -2.40. The molecule has 0 bridgehead atoms. The number of rotatable bonds is 9. The van der Waals surface area contributed by atoms with Gasteiger partial charge in [0.2, 0.25) is 0 Å². The molecule has 12 nitrogen and oxygen atoms in total. The molecule has 0 unspecified atom stereocenters. The number of amides is 2. The number of halogens is 2. The van der Waals surface area contributed by atoms with Crippen LogP contribution in [-0.2, 0) is 36.6 Å². The lowest BCUT2D eigenvalue weighted by atomic mass is 9.73. The van der Waals surface area contributed by atoms with Crippen LogP contribution in [0.4, 0.5) is 18.4 Å². The summed E-state index contributed by atoms with van der Waals surface area (Å²) in [4.78, 5) is 52.4. The first-order chi connectivity index (χ1) is 25.2. The number of piperidine rings is 2. The molecule has 14 heteroatoms. The lowest BCUT2D eigenvalue weighted by molar-refractivity contribution is -0.158. The quantitative estimate of drug-likeness (QED) is 0.203. The average Bonchev–Trinajstić information content (AvgIpc) is 3.09. The van der Waals surface area contributed by atoms with Crippen molar-refractivity contribution in [1.82, 2.24) is 9.80 Å². The van der Waals surface area contributed by atoms with Gasteiger partial charge >= 0.3 is 24.1 Å². The number of carboxylic acids is 1. The summed E-state index contributed by atoms with van der Waals surface area (Å²) in [5.74, 6) is -1.90. The van der Waals surface area contributed by atoms with Crippen molar-refractivity contribution in [1.29, 1.82) is 0 Å². The van der Waals surface area contributed by atoms with Gasteiger partial charge in [-0.15, -0.1) is 0 Å². The van der Waals surface area contributed by atoms with Crippen LogP contribution in [0.15, 0.2) is 36.4 Å². The Hall–Kier alpha value is -4.62. The largest absolute Gasteiger partial charge is 0.494 e. The normalized spacial score (nSPS) is 16.6. The van der Waals surface area contributed by atoms with Crippen molar-refractivity contribution in [3.05, 3.63) is 59.2 Å². The topological polar surface area (TPSA) is 141 Å². The molecule has 2 fully saturated rings. The fraction of sp³-hybridized carbons (Fsp3) is 0.600. The summed E-state index contributed by atoms with van der Waals surface area (Å²) in [6.45, 7) is 14.3. The van der Waals surface area contributed by atoms with Crippen LogP contribution in [-0.4, -0.2) is 97.2 Å². The standard InChI is InChI=1S/C21H30FNO5.C19H26FNO5/c1-6-27-18(24)21(14-15-7-8-16(22)17(13-15)26-5)9-11-23(12-10-21)19(25)28-20(2,3)4;1-18(2,3)26-17(24)21-9-7-19(8-10-21,16(22)23)12-13-5-6-14(20)15(11-13)25-4/h7-8,13H,6,9-12,14H2,1-5H3;5-6,11H,7-10,12H2,1-4H3,(H,22,23). The second-order valence-corrected chi connectivity index (χ2v) is 15.8. The number of aliphatic carboxylic acids is 1. The zero-order valence-electron chi connectivity index (χ0n) is 33.0. The van der Waals surface area contributed by atoms with Gasteiger partial charge in [-0.2, -0.15) is 0 Å². The number of likely N-dealkylation sites (tertiary alicyclic amines) is 2. The highest BCUT2D eigenvalue weighted by atomic mass is 19.1. The highest BCUT2D eigenvalue weighted by Crippen LogP contribution is 2.39. The fourth-order valence-electron chi connectivity index (χ4n) is 6.50. The van der Waals surface area contributed by atoms with E-state index >= 15 is 0 Å². The first kappa shape index (κ1) is 43.8. The van der Waals surface area contributed by atoms with Crippen LogP contribution >= 0.6 is 0 Å². The summed E-state index contributed by atoms with van der Waals surface area (Å²) in [5, 5.41) is 9.80. The highest BCUT2D eigenvalue weighted by molar-refractivity contribution is 5.78. The van der Waals surface area contributed by atoms with Gasteiger partial charge in [0, 0.05) is 26.2 Å². The molecule has 2 aliphatic rings. The van der Waals surface area contributed by atoms with E-state index in [2.05, 4.69) is 0 Å². The van der Waals surface area contributed by atoms with E-state index in [0.717, 1.165) is 5.56 Å². The number of carbonyl (C=O) groups excluding carboxylic acids is 3. The third-order valence-electron chi connectivity index (χ3n) is 9.42. The maximum atomic E-state index is 13.7.